The fraction of sp³-hybridized carbons (Fsp3) is 0.423. The Balaban J connectivity index is 1.25. The lowest BCUT2D eigenvalue weighted by Crippen LogP contribution is -2.44. The molecule has 0 radical (unpaired) electrons. The number of carbonyl (C=O) groups is 1. The van der Waals surface area contributed by atoms with Gasteiger partial charge in [0.05, 0.1) is 17.4 Å². The molecule has 5 rings (SSSR count). The van der Waals surface area contributed by atoms with Crippen molar-refractivity contribution in [1.82, 2.24) is 19.3 Å². The summed E-state index contributed by atoms with van der Waals surface area (Å²) in [4.78, 5) is 22.3. The molecule has 1 amide bonds. The normalized spacial score (nSPS) is 18.6. The van der Waals surface area contributed by atoms with E-state index in [0.717, 1.165) is 36.2 Å². The first-order valence-electron chi connectivity index (χ1n) is 12.2. The molecule has 1 unspecified atom stereocenters. The van der Waals surface area contributed by atoms with E-state index >= 15 is 0 Å². The van der Waals surface area contributed by atoms with Crippen molar-refractivity contribution in [2.75, 3.05) is 38.6 Å². The minimum absolute atomic E-state index is 0.0903. The van der Waals surface area contributed by atoms with E-state index in [4.69, 9.17) is 4.52 Å². The Kier molecular flexibility index (Phi) is 6.67. The number of hydrogen-bond acceptors (Lipinski definition) is 7. The summed E-state index contributed by atoms with van der Waals surface area (Å²) in [5.74, 6) is 1.07. The lowest BCUT2D eigenvalue weighted by atomic mass is 9.96. The molecule has 0 aliphatic carbocycles. The highest BCUT2D eigenvalue weighted by Crippen LogP contribution is 2.33. The van der Waals surface area contributed by atoms with Gasteiger partial charge >= 0.3 is 0 Å². The van der Waals surface area contributed by atoms with Crippen LogP contribution in [-0.2, 0) is 27.8 Å². The average Bonchev–Trinajstić information content (AvgIpc) is 3.51. The van der Waals surface area contributed by atoms with Crippen LogP contribution in [0.4, 0.5) is 5.69 Å². The topological polar surface area (TPSA) is 99.8 Å². The number of sulfonamides is 1. The molecule has 36 heavy (non-hydrogen) atoms. The molecule has 1 fully saturated rings. The summed E-state index contributed by atoms with van der Waals surface area (Å²) in [7, 11) is -0.471. The third-order valence-electron chi connectivity index (χ3n) is 6.98. The summed E-state index contributed by atoms with van der Waals surface area (Å²) in [6.45, 7) is 4.60. The van der Waals surface area contributed by atoms with E-state index in [2.05, 4.69) is 15.0 Å². The number of rotatable bonds is 6. The molecule has 2 aliphatic rings. The Morgan fingerprint density at radius 3 is 2.67 bits per heavy atom. The molecule has 2 aromatic carbocycles. The van der Waals surface area contributed by atoms with Gasteiger partial charge in [0.25, 0.3) is 0 Å². The highest BCUT2D eigenvalue weighted by atomic mass is 32.2. The first-order valence-corrected chi connectivity index (χ1v) is 13.6. The number of fused-ring (bicyclic) bond motifs is 1. The molecule has 9 nitrogen and oxygen atoms in total. The van der Waals surface area contributed by atoms with Crippen LogP contribution in [0.2, 0.25) is 0 Å². The van der Waals surface area contributed by atoms with Crippen molar-refractivity contribution in [1.29, 1.82) is 0 Å². The van der Waals surface area contributed by atoms with Crippen LogP contribution in [0.3, 0.4) is 0 Å². The summed E-state index contributed by atoms with van der Waals surface area (Å²) in [5, 5.41) is 4.13. The van der Waals surface area contributed by atoms with Crippen LogP contribution in [0.15, 0.2) is 51.9 Å². The van der Waals surface area contributed by atoms with Crippen molar-refractivity contribution >= 4 is 21.6 Å². The first-order chi connectivity index (χ1) is 17.2. The number of anilines is 1. The van der Waals surface area contributed by atoms with E-state index in [0.29, 0.717) is 37.8 Å². The number of aromatic nitrogens is 2. The quantitative estimate of drug-likeness (QED) is 0.503. The Bertz CT molecular complexity index is 1370. The first kappa shape index (κ1) is 24.6. The van der Waals surface area contributed by atoms with Gasteiger partial charge in [-0.25, -0.2) is 12.7 Å². The SMILES string of the molecule is Cc1ccc(-c2noc(CN3CCCC(C(=O)N4CCc5cc(S(=O)(=O)N(C)C)ccc54)C3)n2)cc1. The molecule has 3 heterocycles. The molecule has 2 aliphatic heterocycles. The largest absolute Gasteiger partial charge is 0.338 e. The second-order valence-electron chi connectivity index (χ2n) is 9.77. The molecule has 10 heteroatoms. The van der Waals surface area contributed by atoms with Gasteiger partial charge in [-0.15, -0.1) is 0 Å². The summed E-state index contributed by atoms with van der Waals surface area (Å²) >= 11 is 0. The number of amides is 1. The van der Waals surface area contributed by atoms with Gasteiger partial charge in [-0.3, -0.25) is 9.69 Å². The standard InChI is InChI=1S/C26H31N5O4S/c1-18-6-8-19(9-7-18)25-27-24(35-28-25)17-30-13-4-5-21(16-30)26(32)31-14-12-20-15-22(10-11-23(20)31)36(33,34)29(2)3/h6-11,15,21H,4-5,12-14,16-17H2,1-3H3. The van der Waals surface area contributed by atoms with E-state index < -0.39 is 10.0 Å². The zero-order chi connectivity index (χ0) is 25.4. The zero-order valence-electron chi connectivity index (χ0n) is 20.8. The van der Waals surface area contributed by atoms with Crippen molar-refractivity contribution in [3.8, 4) is 11.4 Å². The number of likely N-dealkylation sites (tertiary alicyclic amines) is 1. The Labute approximate surface area is 211 Å². The van der Waals surface area contributed by atoms with Crippen molar-refractivity contribution in [2.24, 2.45) is 5.92 Å². The number of nitrogens with zero attached hydrogens (tertiary/aromatic N) is 5. The van der Waals surface area contributed by atoms with Gasteiger partial charge in [-0.1, -0.05) is 35.0 Å². The molecule has 1 atom stereocenters. The summed E-state index contributed by atoms with van der Waals surface area (Å²) in [5.41, 5.74) is 3.80. The number of carbonyl (C=O) groups excluding carboxylic acids is 1. The van der Waals surface area contributed by atoms with E-state index in [1.807, 2.05) is 36.1 Å². The molecule has 190 valence electrons. The molecule has 0 bridgehead atoms. The van der Waals surface area contributed by atoms with Crippen LogP contribution < -0.4 is 4.90 Å². The van der Waals surface area contributed by atoms with Gasteiger partial charge in [0, 0.05) is 38.4 Å². The molecule has 1 saturated heterocycles. The Morgan fingerprint density at radius 1 is 1.14 bits per heavy atom. The monoisotopic (exact) mass is 509 g/mol. The maximum Gasteiger partial charge on any atom is 0.242 e. The lowest BCUT2D eigenvalue weighted by molar-refractivity contribution is -0.124. The third kappa shape index (κ3) is 4.80. The van der Waals surface area contributed by atoms with Crippen LogP contribution in [-0.4, -0.2) is 67.4 Å². The van der Waals surface area contributed by atoms with Gasteiger partial charge in [0.15, 0.2) is 0 Å². The minimum atomic E-state index is -3.51. The highest BCUT2D eigenvalue weighted by molar-refractivity contribution is 7.89. The van der Waals surface area contributed by atoms with Crippen molar-refractivity contribution in [3.63, 3.8) is 0 Å². The van der Waals surface area contributed by atoms with Gasteiger partial charge < -0.3 is 9.42 Å². The lowest BCUT2D eigenvalue weighted by Gasteiger charge is -2.33. The maximum absolute atomic E-state index is 13.5. The van der Waals surface area contributed by atoms with Crippen LogP contribution in [0.1, 0.15) is 29.9 Å². The van der Waals surface area contributed by atoms with E-state index in [1.165, 1.54) is 24.0 Å². The molecule has 0 N–H and O–H groups in total. The van der Waals surface area contributed by atoms with Crippen molar-refractivity contribution in [3.05, 3.63) is 59.5 Å². The summed E-state index contributed by atoms with van der Waals surface area (Å²) in [6.07, 6.45) is 2.39. The van der Waals surface area contributed by atoms with Crippen LogP contribution in [0, 0.1) is 12.8 Å². The molecular formula is C26H31N5O4S. The predicted octanol–water partition coefficient (Wildman–Crippen LogP) is 3.10. The van der Waals surface area contributed by atoms with E-state index in [-0.39, 0.29) is 16.7 Å². The average molecular weight is 510 g/mol. The Hall–Kier alpha value is -3.08. The molecule has 0 spiro atoms. The minimum Gasteiger partial charge on any atom is -0.338 e. The van der Waals surface area contributed by atoms with Crippen molar-refractivity contribution in [2.45, 2.75) is 37.6 Å². The molecule has 1 aromatic heterocycles. The predicted molar refractivity (Wildman–Crippen MR) is 136 cm³/mol. The van der Waals surface area contributed by atoms with Gasteiger partial charge in [-0.2, -0.15) is 4.98 Å². The van der Waals surface area contributed by atoms with Crippen LogP contribution in [0.25, 0.3) is 11.4 Å². The van der Waals surface area contributed by atoms with Crippen molar-refractivity contribution < 1.29 is 17.7 Å². The highest BCUT2D eigenvalue weighted by Gasteiger charge is 2.34. The summed E-state index contributed by atoms with van der Waals surface area (Å²) < 4.78 is 31.7. The molecule has 0 saturated carbocycles. The van der Waals surface area contributed by atoms with E-state index in [1.54, 1.807) is 18.2 Å². The number of benzene rings is 2. The van der Waals surface area contributed by atoms with Gasteiger partial charge in [0.1, 0.15) is 0 Å². The second kappa shape index (κ2) is 9.76. The zero-order valence-corrected chi connectivity index (χ0v) is 21.7. The molecule has 3 aromatic rings. The Morgan fingerprint density at radius 2 is 1.92 bits per heavy atom. The van der Waals surface area contributed by atoms with Crippen LogP contribution >= 0.6 is 0 Å². The van der Waals surface area contributed by atoms with E-state index in [9.17, 15) is 13.2 Å². The smallest absolute Gasteiger partial charge is 0.242 e. The third-order valence-corrected chi connectivity index (χ3v) is 8.79. The number of piperidine rings is 1. The van der Waals surface area contributed by atoms with Gasteiger partial charge in [0.2, 0.25) is 27.6 Å². The van der Waals surface area contributed by atoms with Gasteiger partial charge in [-0.05, 0) is 56.5 Å². The summed E-state index contributed by atoms with van der Waals surface area (Å²) in [6, 6.07) is 13.1. The second-order valence-corrected chi connectivity index (χ2v) is 11.9. The fourth-order valence-corrected chi connectivity index (χ4v) is 5.88. The number of hydrogen-bond donors (Lipinski definition) is 0. The van der Waals surface area contributed by atoms with Crippen LogP contribution in [0.5, 0.6) is 0 Å². The maximum atomic E-state index is 13.5. The molecular weight excluding hydrogens is 478 g/mol. The number of aryl methyl sites for hydroxylation is 1. The fourth-order valence-electron chi connectivity index (χ4n) is 4.93.